The summed E-state index contributed by atoms with van der Waals surface area (Å²) in [5.74, 6) is 0.356. The summed E-state index contributed by atoms with van der Waals surface area (Å²) >= 11 is 1.47. The van der Waals surface area contributed by atoms with Crippen molar-refractivity contribution in [3.8, 4) is 0 Å². The Morgan fingerprint density at radius 3 is 2.53 bits per heavy atom. The van der Waals surface area contributed by atoms with Crippen molar-refractivity contribution >= 4 is 17.7 Å². The highest BCUT2D eigenvalue weighted by molar-refractivity contribution is 8.00. The van der Waals surface area contributed by atoms with Gasteiger partial charge in [-0.15, -0.1) is 11.8 Å². The molecule has 0 heterocycles. The molecule has 1 aliphatic rings. The zero-order valence-electron chi connectivity index (χ0n) is 11.3. The van der Waals surface area contributed by atoms with Crippen LogP contribution < -0.4 is 0 Å². The minimum absolute atomic E-state index is 0.168. The van der Waals surface area contributed by atoms with E-state index < -0.39 is 0 Å². The lowest BCUT2D eigenvalue weighted by Gasteiger charge is -2.31. The number of benzene rings is 1. The molecule has 0 radical (unpaired) electrons. The minimum atomic E-state index is -0.241. The maximum Gasteiger partial charge on any atom is 0.232 e. The summed E-state index contributed by atoms with van der Waals surface area (Å²) < 4.78 is 12.8. The number of nitrogens with zero attached hydrogens (tertiary/aromatic N) is 1. The lowest BCUT2D eigenvalue weighted by Crippen LogP contribution is -2.39. The van der Waals surface area contributed by atoms with Gasteiger partial charge in [0.1, 0.15) is 5.82 Å². The van der Waals surface area contributed by atoms with E-state index in [9.17, 15) is 9.18 Å². The molecule has 0 atom stereocenters. The van der Waals surface area contributed by atoms with E-state index in [0.29, 0.717) is 11.8 Å². The second kappa shape index (κ2) is 6.94. The van der Waals surface area contributed by atoms with Crippen LogP contribution in [0.25, 0.3) is 0 Å². The van der Waals surface area contributed by atoms with Crippen LogP contribution in [0.4, 0.5) is 4.39 Å². The van der Waals surface area contributed by atoms with E-state index in [4.69, 9.17) is 0 Å². The Labute approximate surface area is 118 Å². The predicted octanol–water partition coefficient (Wildman–Crippen LogP) is 3.71. The summed E-state index contributed by atoms with van der Waals surface area (Å²) in [6.45, 7) is 0. The average molecular weight is 281 g/mol. The first-order valence-electron chi connectivity index (χ1n) is 6.81. The molecule has 2 nitrogen and oxygen atoms in total. The van der Waals surface area contributed by atoms with Gasteiger partial charge in [0.05, 0.1) is 5.75 Å². The molecule has 0 aliphatic heterocycles. The molecule has 19 heavy (non-hydrogen) atoms. The summed E-state index contributed by atoms with van der Waals surface area (Å²) in [6.07, 6.45) is 6.01. The van der Waals surface area contributed by atoms with Crippen LogP contribution in [-0.2, 0) is 4.79 Å². The smallest absolute Gasteiger partial charge is 0.232 e. The normalized spacial score (nSPS) is 16.3. The summed E-state index contributed by atoms with van der Waals surface area (Å²) in [5.41, 5.74) is 0. The van der Waals surface area contributed by atoms with Crippen molar-refractivity contribution in [1.82, 2.24) is 4.90 Å². The van der Waals surface area contributed by atoms with Gasteiger partial charge in [0, 0.05) is 18.0 Å². The predicted molar refractivity (Wildman–Crippen MR) is 76.8 cm³/mol. The zero-order chi connectivity index (χ0) is 13.7. The molecular weight excluding hydrogens is 261 g/mol. The fourth-order valence-electron chi connectivity index (χ4n) is 2.45. The van der Waals surface area contributed by atoms with Crippen LogP contribution >= 0.6 is 11.8 Å². The molecule has 1 aromatic rings. The fraction of sp³-hybridized carbons (Fsp3) is 0.533. The highest BCUT2D eigenvalue weighted by Gasteiger charge is 2.21. The quantitative estimate of drug-likeness (QED) is 0.784. The summed E-state index contributed by atoms with van der Waals surface area (Å²) in [6, 6.07) is 6.70. The fourth-order valence-corrected chi connectivity index (χ4v) is 3.27. The van der Waals surface area contributed by atoms with Gasteiger partial charge >= 0.3 is 0 Å². The molecule has 1 fully saturated rings. The topological polar surface area (TPSA) is 20.3 Å². The number of carbonyl (C=O) groups is 1. The lowest BCUT2D eigenvalue weighted by atomic mass is 9.94. The Kier molecular flexibility index (Phi) is 5.25. The van der Waals surface area contributed by atoms with Crippen LogP contribution in [0, 0.1) is 5.82 Å². The molecule has 0 bridgehead atoms. The first-order chi connectivity index (χ1) is 9.16. The Bertz CT molecular complexity index is 415. The van der Waals surface area contributed by atoms with Crippen molar-refractivity contribution in [3.63, 3.8) is 0 Å². The summed E-state index contributed by atoms with van der Waals surface area (Å²) in [7, 11) is 1.91. The van der Waals surface area contributed by atoms with Crippen LogP contribution in [0.15, 0.2) is 29.2 Å². The van der Waals surface area contributed by atoms with E-state index >= 15 is 0 Å². The molecule has 1 aromatic carbocycles. The van der Waals surface area contributed by atoms with Crippen molar-refractivity contribution in [2.24, 2.45) is 0 Å². The number of carbonyl (C=O) groups excluding carboxylic acids is 1. The molecule has 1 amide bonds. The molecule has 4 heteroatoms. The van der Waals surface area contributed by atoms with Gasteiger partial charge in [0.25, 0.3) is 0 Å². The Hall–Kier alpha value is -1.03. The van der Waals surface area contributed by atoms with E-state index in [-0.39, 0.29) is 11.7 Å². The van der Waals surface area contributed by atoms with E-state index in [1.807, 2.05) is 11.9 Å². The molecule has 104 valence electrons. The van der Waals surface area contributed by atoms with E-state index in [2.05, 4.69) is 0 Å². The van der Waals surface area contributed by atoms with E-state index in [1.165, 1.54) is 43.2 Å². The maximum absolute atomic E-state index is 12.8. The highest BCUT2D eigenvalue weighted by atomic mass is 32.2. The largest absolute Gasteiger partial charge is 0.342 e. The molecule has 1 saturated carbocycles. The second-order valence-corrected chi connectivity index (χ2v) is 6.09. The van der Waals surface area contributed by atoms with Crippen LogP contribution in [0.3, 0.4) is 0 Å². The van der Waals surface area contributed by atoms with Crippen molar-refractivity contribution in [1.29, 1.82) is 0 Å². The number of hydrogen-bond donors (Lipinski definition) is 0. The van der Waals surface area contributed by atoms with Crippen LogP contribution in [-0.4, -0.2) is 29.6 Å². The van der Waals surface area contributed by atoms with Gasteiger partial charge in [0.2, 0.25) is 5.91 Å². The number of thioether (sulfide) groups is 1. The summed E-state index contributed by atoms with van der Waals surface area (Å²) in [5, 5.41) is 0. The molecule has 1 aliphatic carbocycles. The molecule has 2 rings (SSSR count). The average Bonchev–Trinajstić information content (AvgIpc) is 2.46. The number of halogens is 1. The van der Waals surface area contributed by atoms with Gasteiger partial charge in [-0.25, -0.2) is 4.39 Å². The van der Waals surface area contributed by atoms with Crippen molar-refractivity contribution < 1.29 is 9.18 Å². The molecule has 0 aromatic heterocycles. The van der Waals surface area contributed by atoms with Gasteiger partial charge in [-0.3, -0.25) is 4.79 Å². The van der Waals surface area contributed by atoms with E-state index in [0.717, 1.165) is 17.7 Å². The molecular formula is C15H20FNOS. The third-order valence-electron chi connectivity index (χ3n) is 3.69. The SMILES string of the molecule is CN(C(=O)CSc1ccc(F)cc1)C1CCCCC1. The molecule has 0 N–H and O–H groups in total. The van der Waals surface area contributed by atoms with Crippen molar-refractivity contribution in [2.45, 2.75) is 43.0 Å². The van der Waals surface area contributed by atoms with Gasteiger partial charge in [0.15, 0.2) is 0 Å². The molecule has 0 unspecified atom stereocenters. The third kappa shape index (κ3) is 4.23. The van der Waals surface area contributed by atoms with Gasteiger partial charge < -0.3 is 4.90 Å². The molecule has 0 spiro atoms. The first kappa shape index (κ1) is 14.4. The van der Waals surface area contributed by atoms with Gasteiger partial charge in [-0.05, 0) is 37.1 Å². The monoisotopic (exact) mass is 281 g/mol. The third-order valence-corrected chi connectivity index (χ3v) is 4.69. The second-order valence-electron chi connectivity index (χ2n) is 5.04. The minimum Gasteiger partial charge on any atom is -0.342 e. The number of amides is 1. The van der Waals surface area contributed by atoms with Crippen LogP contribution in [0.1, 0.15) is 32.1 Å². The molecule has 0 saturated heterocycles. The van der Waals surface area contributed by atoms with Gasteiger partial charge in [-0.1, -0.05) is 19.3 Å². The standard InChI is InChI=1S/C15H20FNOS/c1-17(13-5-3-2-4-6-13)15(18)11-19-14-9-7-12(16)8-10-14/h7-10,13H,2-6,11H2,1H3. The van der Waals surface area contributed by atoms with Crippen molar-refractivity contribution in [2.75, 3.05) is 12.8 Å². The Balaban J connectivity index is 1.81. The van der Waals surface area contributed by atoms with Crippen molar-refractivity contribution in [3.05, 3.63) is 30.1 Å². The zero-order valence-corrected chi connectivity index (χ0v) is 12.1. The maximum atomic E-state index is 12.8. The first-order valence-corrected chi connectivity index (χ1v) is 7.79. The summed E-state index contributed by atoms with van der Waals surface area (Å²) in [4.78, 5) is 14.9. The van der Waals surface area contributed by atoms with Crippen LogP contribution in [0.5, 0.6) is 0 Å². The Morgan fingerprint density at radius 2 is 1.89 bits per heavy atom. The van der Waals surface area contributed by atoms with E-state index in [1.54, 1.807) is 12.1 Å². The van der Waals surface area contributed by atoms with Crippen LogP contribution in [0.2, 0.25) is 0 Å². The number of rotatable bonds is 4. The van der Waals surface area contributed by atoms with Gasteiger partial charge in [-0.2, -0.15) is 0 Å². The highest BCUT2D eigenvalue weighted by Crippen LogP contribution is 2.23. The Morgan fingerprint density at radius 1 is 1.26 bits per heavy atom. The number of hydrogen-bond acceptors (Lipinski definition) is 2. The lowest BCUT2D eigenvalue weighted by molar-refractivity contribution is -0.129.